The average molecular weight is 358 g/mol. The largest absolute Gasteiger partial charge is 0.378 e. The molecule has 2 aromatic rings. The van der Waals surface area contributed by atoms with Crippen molar-refractivity contribution in [3.05, 3.63) is 40.5 Å². The van der Waals surface area contributed by atoms with E-state index in [9.17, 15) is 4.79 Å². The highest BCUT2D eigenvalue weighted by Crippen LogP contribution is 2.39. The van der Waals surface area contributed by atoms with Gasteiger partial charge in [-0.25, -0.2) is 4.98 Å². The molecule has 1 aliphatic rings. The number of amides is 1. The Morgan fingerprint density at radius 2 is 2.20 bits per heavy atom. The van der Waals surface area contributed by atoms with Gasteiger partial charge in [0.25, 0.3) is 5.91 Å². The lowest BCUT2D eigenvalue weighted by Gasteiger charge is -2.20. The minimum atomic E-state index is -0.575. The SMILES string of the molecule is CNCCC1CN(C(=N)c2nc(C(N)=O)sc2NC)c2ccccc21. The van der Waals surface area contributed by atoms with Gasteiger partial charge in [0.15, 0.2) is 10.8 Å². The Labute approximate surface area is 150 Å². The second kappa shape index (κ2) is 7.20. The van der Waals surface area contributed by atoms with Crippen LogP contribution in [0.25, 0.3) is 0 Å². The van der Waals surface area contributed by atoms with Gasteiger partial charge in [0, 0.05) is 25.2 Å². The lowest BCUT2D eigenvalue weighted by atomic mass is 9.98. The summed E-state index contributed by atoms with van der Waals surface area (Å²) in [5.74, 6) is 0.0676. The number of nitrogens with two attached hydrogens (primary N) is 1. The molecule has 0 bridgehead atoms. The standard InChI is InChI=1S/C17H22N6OS/c1-20-8-7-10-9-23(12-6-4-3-5-11(10)12)14(18)13-16(21-2)25-17(22-13)15(19)24/h3-6,10,18,20-21H,7-9H2,1-2H3,(H2,19,24). The fourth-order valence-corrected chi connectivity index (χ4v) is 3.93. The Bertz CT molecular complexity index is 802. The second-order valence-electron chi connectivity index (χ2n) is 5.92. The van der Waals surface area contributed by atoms with Gasteiger partial charge in [-0.05, 0) is 31.6 Å². The van der Waals surface area contributed by atoms with Crippen LogP contribution in [0.15, 0.2) is 24.3 Å². The molecule has 0 saturated carbocycles. The summed E-state index contributed by atoms with van der Waals surface area (Å²) in [5, 5.41) is 15.8. The van der Waals surface area contributed by atoms with Crippen molar-refractivity contribution < 1.29 is 4.79 Å². The summed E-state index contributed by atoms with van der Waals surface area (Å²) in [7, 11) is 3.70. The van der Waals surface area contributed by atoms with Crippen molar-refractivity contribution in [1.29, 1.82) is 5.41 Å². The molecule has 7 nitrogen and oxygen atoms in total. The van der Waals surface area contributed by atoms with Crippen LogP contribution in [0.3, 0.4) is 0 Å². The maximum atomic E-state index is 11.4. The summed E-state index contributed by atoms with van der Waals surface area (Å²) >= 11 is 1.18. The molecular weight excluding hydrogens is 336 g/mol. The van der Waals surface area contributed by atoms with E-state index in [0.29, 0.717) is 16.6 Å². The molecule has 0 spiro atoms. The monoisotopic (exact) mass is 358 g/mol. The minimum Gasteiger partial charge on any atom is -0.378 e. The lowest BCUT2D eigenvalue weighted by molar-refractivity contribution is 0.1000. The van der Waals surface area contributed by atoms with Crippen LogP contribution < -0.4 is 21.3 Å². The van der Waals surface area contributed by atoms with Crippen LogP contribution in [-0.4, -0.2) is 43.9 Å². The summed E-state index contributed by atoms with van der Waals surface area (Å²) in [5.41, 5.74) is 8.09. The first-order chi connectivity index (χ1) is 12.1. The lowest BCUT2D eigenvalue weighted by Crippen LogP contribution is -2.31. The fourth-order valence-electron chi connectivity index (χ4n) is 3.16. The van der Waals surface area contributed by atoms with E-state index in [0.717, 1.165) is 25.2 Å². The molecular formula is C17H22N6OS. The smallest absolute Gasteiger partial charge is 0.277 e. The zero-order valence-electron chi connectivity index (χ0n) is 14.3. The van der Waals surface area contributed by atoms with Crippen LogP contribution in [0.2, 0.25) is 0 Å². The summed E-state index contributed by atoms with van der Waals surface area (Å²) in [6.45, 7) is 1.65. The predicted octanol–water partition coefficient (Wildman–Crippen LogP) is 1.82. The number of hydrogen-bond donors (Lipinski definition) is 4. The molecule has 0 fully saturated rings. The summed E-state index contributed by atoms with van der Waals surface area (Å²) < 4.78 is 0. The molecule has 0 saturated heterocycles. The number of primary amides is 1. The Kier molecular flexibility index (Phi) is 5.00. The van der Waals surface area contributed by atoms with Gasteiger partial charge in [-0.15, -0.1) is 0 Å². The first-order valence-electron chi connectivity index (χ1n) is 8.15. The molecule has 3 rings (SSSR count). The maximum Gasteiger partial charge on any atom is 0.277 e. The number of para-hydroxylation sites is 1. The zero-order valence-corrected chi connectivity index (χ0v) is 15.1. The Balaban J connectivity index is 1.94. The Morgan fingerprint density at radius 1 is 1.44 bits per heavy atom. The van der Waals surface area contributed by atoms with Crippen LogP contribution in [-0.2, 0) is 0 Å². The van der Waals surface area contributed by atoms with Crippen LogP contribution in [0.4, 0.5) is 10.7 Å². The van der Waals surface area contributed by atoms with Crippen LogP contribution >= 0.6 is 11.3 Å². The third kappa shape index (κ3) is 3.22. The summed E-state index contributed by atoms with van der Waals surface area (Å²) in [4.78, 5) is 17.7. The van der Waals surface area contributed by atoms with Crippen molar-refractivity contribution >= 4 is 33.8 Å². The minimum absolute atomic E-state index is 0.211. The highest BCUT2D eigenvalue weighted by atomic mass is 32.1. The number of fused-ring (bicyclic) bond motifs is 1. The molecule has 2 heterocycles. The van der Waals surface area contributed by atoms with E-state index < -0.39 is 5.91 Å². The molecule has 1 aliphatic heterocycles. The molecule has 0 aliphatic carbocycles. The van der Waals surface area contributed by atoms with Crippen molar-refractivity contribution in [2.75, 3.05) is 37.4 Å². The van der Waals surface area contributed by atoms with Crippen molar-refractivity contribution in [1.82, 2.24) is 10.3 Å². The van der Waals surface area contributed by atoms with Crippen molar-refractivity contribution in [3.8, 4) is 0 Å². The molecule has 5 N–H and O–H groups in total. The van der Waals surface area contributed by atoms with Gasteiger partial charge in [0.2, 0.25) is 0 Å². The summed E-state index contributed by atoms with van der Waals surface area (Å²) in [6, 6.07) is 8.17. The Hall–Kier alpha value is -2.45. The number of carbonyl (C=O) groups excluding carboxylic acids is 1. The van der Waals surface area contributed by atoms with E-state index in [1.807, 2.05) is 30.1 Å². The normalized spacial score (nSPS) is 15.9. The molecule has 1 unspecified atom stereocenters. The number of rotatable bonds is 6. The Morgan fingerprint density at radius 3 is 2.88 bits per heavy atom. The van der Waals surface area contributed by atoms with Crippen LogP contribution in [0.5, 0.6) is 0 Å². The van der Waals surface area contributed by atoms with Crippen LogP contribution in [0.1, 0.15) is 33.4 Å². The number of anilines is 2. The van der Waals surface area contributed by atoms with Gasteiger partial charge in [-0.1, -0.05) is 29.5 Å². The zero-order chi connectivity index (χ0) is 18.0. The molecule has 25 heavy (non-hydrogen) atoms. The van der Waals surface area contributed by atoms with Gasteiger partial charge < -0.3 is 21.3 Å². The van der Waals surface area contributed by atoms with E-state index in [-0.39, 0.29) is 10.8 Å². The molecule has 1 amide bonds. The number of thiazole rings is 1. The molecule has 1 aromatic heterocycles. The number of amidine groups is 1. The molecule has 1 atom stereocenters. The molecule has 8 heteroatoms. The van der Waals surface area contributed by atoms with Gasteiger partial charge in [0.05, 0.1) is 0 Å². The average Bonchev–Trinajstić information content (AvgIpc) is 3.21. The van der Waals surface area contributed by atoms with Crippen molar-refractivity contribution in [2.24, 2.45) is 5.73 Å². The second-order valence-corrected chi connectivity index (χ2v) is 6.92. The first-order valence-corrected chi connectivity index (χ1v) is 8.96. The maximum absolute atomic E-state index is 11.4. The summed E-state index contributed by atoms with van der Waals surface area (Å²) in [6.07, 6.45) is 1.000. The highest BCUT2D eigenvalue weighted by molar-refractivity contribution is 7.18. The quantitative estimate of drug-likeness (QED) is 0.465. The van der Waals surface area contributed by atoms with Crippen molar-refractivity contribution in [3.63, 3.8) is 0 Å². The number of benzene rings is 1. The van der Waals surface area contributed by atoms with E-state index >= 15 is 0 Å². The molecule has 0 radical (unpaired) electrons. The van der Waals surface area contributed by atoms with Gasteiger partial charge >= 0.3 is 0 Å². The van der Waals surface area contributed by atoms with Gasteiger partial charge in [-0.2, -0.15) is 0 Å². The third-order valence-corrected chi connectivity index (χ3v) is 5.46. The highest BCUT2D eigenvalue weighted by Gasteiger charge is 2.32. The number of carbonyl (C=O) groups is 1. The first kappa shape index (κ1) is 17.4. The number of aromatic nitrogens is 1. The van der Waals surface area contributed by atoms with Crippen molar-refractivity contribution in [2.45, 2.75) is 12.3 Å². The van der Waals surface area contributed by atoms with Crippen LogP contribution in [0, 0.1) is 5.41 Å². The van der Waals surface area contributed by atoms with Gasteiger partial charge in [-0.3, -0.25) is 10.2 Å². The fraction of sp³-hybridized carbons (Fsp3) is 0.353. The number of hydrogen-bond acceptors (Lipinski definition) is 6. The molecule has 132 valence electrons. The predicted molar refractivity (Wildman–Crippen MR) is 102 cm³/mol. The third-order valence-electron chi connectivity index (χ3n) is 4.37. The van der Waals surface area contributed by atoms with Gasteiger partial charge in [0.1, 0.15) is 10.7 Å². The van der Waals surface area contributed by atoms with E-state index in [4.69, 9.17) is 11.1 Å². The molecule has 1 aromatic carbocycles. The van der Waals surface area contributed by atoms with E-state index in [2.05, 4.69) is 21.7 Å². The number of nitrogens with zero attached hydrogens (tertiary/aromatic N) is 2. The van der Waals surface area contributed by atoms with E-state index in [1.54, 1.807) is 7.05 Å². The topological polar surface area (TPSA) is 107 Å². The van der Waals surface area contributed by atoms with E-state index in [1.165, 1.54) is 16.9 Å². The number of nitrogens with one attached hydrogen (secondary N) is 3.